The lowest BCUT2D eigenvalue weighted by Crippen LogP contribution is -2.36. The lowest BCUT2D eigenvalue weighted by atomic mass is 10.2. The van der Waals surface area contributed by atoms with Crippen LogP contribution in [-0.4, -0.2) is 60.4 Å². The summed E-state index contributed by atoms with van der Waals surface area (Å²) in [6.07, 6.45) is 2.53. The minimum atomic E-state index is 0.275. The third-order valence-electron chi connectivity index (χ3n) is 5.26. The Morgan fingerprint density at radius 1 is 1.18 bits per heavy atom. The number of nitrogens with one attached hydrogen (secondary N) is 1. The molecule has 3 aromatic heterocycles. The molecule has 1 atom stereocenters. The zero-order valence-corrected chi connectivity index (χ0v) is 17.4. The number of ether oxygens (including phenoxy) is 2. The van der Waals surface area contributed by atoms with Crippen molar-refractivity contribution in [3.8, 4) is 10.4 Å². The quantitative estimate of drug-likeness (QED) is 0.659. The number of anilines is 1. The van der Waals surface area contributed by atoms with Crippen molar-refractivity contribution in [1.82, 2.24) is 14.9 Å². The van der Waals surface area contributed by atoms with Gasteiger partial charge in [-0.2, -0.15) is 0 Å². The van der Waals surface area contributed by atoms with E-state index in [1.54, 1.807) is 22.7 Å². The molecule has 0 unspecified atom stereocenters. The Morgan fingerprint density at radius 2 is 2.11 bits per heavy atom. The third-order valence-corrected chi connectivity index (χ3v) is 7.03. The molecule has 0 amide bonds. The van der Waals surface area contributed by atoms with E-state index in [4.69, 9.17) is 19.4 Å². The van der Waals surface area contributed by atoms with Crippen LogP contribution in [0.15, 0.2) is 22.9 Å². The Hall–Kier alpha value is -1.58. The van der Waals surface area contributed by atoms with E-state index in [0.717, 1.165) is 80.7 Å². The number of thiophene rings is 2. The second-order valence-electron chi connectivity index (χ2n) is 7.20. The number of fused-ring (bicyclic) bond motifs is 1. The van der Waals surface area contributed by atoms with Crippen LogP contribution in [0.2, 0.25) is 0 Å². The third kappa shape index (κ3) is 3.92. The van der Waals surface area contributed by atoms with E-state index in [0.29, 0.717) is 0 Å². The predicted molar refractivity (Wildman–Crippen MR) is 114 cm³/mol. The number of aromatic nitrogens is 2. The van der Waals surface area contributed by atoms with Crippen LogP contribution in [-0.2, 0) is 16.0 Å². The normalized spacial score (nSPS) is 20.8. The Morgan fingerprint density at radius 3 is 2.89 bits per heavy atom. The first-order valence-corrected chi connectivity index (χ1v) is 11.6. The molecule has 2 aliphatic heterocycles. The molecule has 0 aliphatic carbocycles. The highest BCUT2D eigenvalue weighted by molar-refractivity contribution is 7.18. The highest BCUT2D eigenvalue weighted by atomic mass is 32.1. The second kappa shape index (κ2) is 8.42. The van der Waals surface area contributed by atoms with Crippen LogP contribution in [0.25, 0.3) is 20.7 Å². The molecule has 2 saturated heterocycles. The summed E-state index contributed by atoms with van der Waals surface area (Å²) < 4.78 is 11.3. The fourth-order valence-electron chi connectivity index (χ4n) is 3.77. The lowest BCUT2D eigenvalue weighted by molar-refractivity contribution is 0.0331. The zero-order chi connectivity index (χ0) is 18.8. The molecular formula is C20H24N4O2S2. The van der Waals surface area contributed by atoms with Crippen molar-refractivity contribution in [3.63, 3.8) is 0 Å². The first kappa shape index (κ1) is 18.4. The largest absolute Gasteiger partial charge is 0.379 e. The molecule has 8 heteroatoms. The van der Waals surface area contributed by atoms with E-state index in [1.807, 2.05) is 0 Å². The molecule has 0 bridgehead atoms. The molecular weight excluding hydrogens is 392 g/mol. The molecule has 28 heavy (non-hydrogen) atoms. The number of hydrogen-bond donors (Lipinski definition) is 1. The summed E-state index contributed by atoms with van der Waals surface area (Å²) in [7, 11) is 0. The predicted octanol–water partition coefficient (Wildman–Crippen LogP) is 3.84. The van der Waals surface area contributed by atoms with Crippen LogP contribution in [0.1, 0.15) is 18.7 Å². The molecule has 148 valence electrons. The number of hydrogen-bond acceptors (Lipinski definition) is 8. The summed E-state index contributed by atoms with van der Waals surface area (Å²) in [6.45, 7) is 5.87. The van der Waals surface area contributed by atoms with Crippen molar-refractivity contribution in [2.75, 3.05) is 44.8 Å². The highest BCUT2D eigenvalue weighted by Gasteiger charge is 2.20. The van der Waals surface area contributed by atoms with Gasteiger partial charge in [-0.15, -0.1) is 22.7 Å². The van der Waals surface area contributed by atoms with Crippen molar-refractivity contribution < 1.29 is 9.47 Å². The molecule has 6 nitrogen and oxygen atoms in total. The van der Waals surface area contributed by atoms with Gasteiger partial charge in [-0.1, -0.05) is 6.07 Å². The van der Waals surface area contributed by atoms with Gasteiger partial charge >= 0.3 is 0 Å². The monoisotopic (exact) mass is 416 g/mol. The number of nitrogens with zero attached hydrogens (tertiary/aromatic N) is 3. The first-order chi connectivity index (χ1) is 13.9. The van der Waals surface area contributed by atoms with Gasteiger partial charge in [0, 0.05) is 42.1 Å². The molecule has 2 fully saturated rings. The van der Waals surface area contributed by atoms with E-state index in [-0.39, 0.29) is 6.10 Å². The van der Waals surface area contributed by atoms with Gasteiger partial charge in [-0.05, 0) is 24.3 Å². The molecule has 0 saturated carbocycles. The summed E-state index contributed by atoms with van der Waals surface area (Å²) >= 11 is 3.46. The van der Waals surface area contributed by atoms with Gasteiger partial charge < -0.3 is 14.8 Å². The summed E-state index contributed by atoms with van der Waals surface area (Å²) in [5, 5.41) is 9.05. The standard InChI is InChI=1S/C20H24N4O2S2/c1-3-14(26-7-1)11-21-19-18-15(16-4-2-10-27-16)13-28-20(18)23-17(22-19)12-24-5-8-25-9-6-24/h2,4,10,13-14H,1,3,5-9,11-12H2,(H,21,22,23)/t14-/m1/s1. The second-order valence-corrected chi connectivity index (χ2v) is 9.01. The number of rotatable bonds is 6. The van der Waals surface area contributed by atoms with Gasteiger partial charge in [0.2, 0.25) is 0 Å². The van der Waals surface area contributed by atoms with Gasteiger partial charge in [-0.25, -0.2) is 9.97 Å². The molecule has 0 radical (unpaired) electrons. The first-order valence-electron chi connectivity index (χ1n) is 9.84. The maximum Gasteiger partial charge on any atom is 0.146 e. The van der Waals surface area contributed by atoms with E-state index < -0.39 is 0 Å². The van der Waals surface area contributed by atoms with Crippen molar-refractivity contribution in [2.24, 2.45) is 0 Å². The van der Waals surface area contributed by atoms with Gasteiger partial charge in [0.25, 0.3) is 0 Å². The van der Waals surface area contributed by atoms with Crippen LogP contribution in [0.5, 0.6) is 0 Å². The smallest absolute Gasteiger partial charge is 0.146 e. The lowest BCUT2D eigenvalue weighted by Gasteiger charge is -2.26. The molecule has 1 N–H and O–H groups in total. The Balaban J connectivity index is 1.48. The van der Waals surface area contributed by atoms with Crippen LogP contribution < -0.4 is 5.32 Å². The van der Waals surface area contributed by atoms with Gasteiger partial charge in [0.05, 0.1) is 31.2 Å². The van der Waals surface area contributed by atoms with Gasteiger partial charge in [-0.3, -0.25) is 4.90 Å². The Kier molecular flexibility index (Phi) is 5.55. The summed E-state index contributed by atoms with van der Waals surface area (Å²) in [4.78, 5) is 14.5. The number of morpholine rings is 1. The van der Waals surface area contributed by atoms with E-state index in [9.17, 15) is 0 Å². The average Bonchev–Trinajstić information content (AvgIpc) is 3.47. The summed E-state index contributed by atoms with van der Waals surface area (Å²) in [5.41, 5.74) is 1.22. The fourth-order valence-corrected chi connectivity index (χ4v) is 5.55. The maximum absolute atomic E-state index is 5.80. The zero-order valence-electron chi connectivity index (χ0n) is 15.7. The SMILES string of the molecule is c1csc(-c2csc3nc(CN4CCOCC4)nc(NC[C@H]4CCCO4)c23)c1. The molecule has 5 heterocycles. The average molecular weight is 417 g/mol. The molecule has 0 spiro atoms. The summed E-state index contributed by atoms with van der Waals surface area (Å²) in [6, 6.07) is 4.26. The summed E-state index contributed by atoms with van der Waals surface area (Å²) in [5.74, 6) is 1.82. The van der Waals surface area contributed by atoms with Gasteiger partial charge in [0.1, 0.15) is 16.5 Å². The fraction of sp³-hybridized carbons (Fsp3) is 0.500. The molecule has 2 aliphatic rings. The topological polar surface area (TPSA) is 59.5 Å². The molecule has 3 aromatic rings. The Bertz CT molecular complexity index is 916. The van der Waals surface area contributed by atoms with Gasteiger partial charge in [0.15, 0.2) is 0 Å². The van der Waals surface area contributed by atoms with Crippen molar-refractivity contribution >= 4 is 38.7 Å². The van der Waals surface area contributed by atoms with E-state index in [1.165, 1.54) is 10.4 Å². The van der Waals surface area contributed by atoms with Crippen LogP contribution >= 0.6 is 22.7 Å². The van der Waals surface area contributed by atoms with Crippen LogP contribution in [0.4, 0.5) is 5.82 Å². The van der Waals surface area contributed by atoms with Crippen molar-refractivity contribution in [2.45, 2.75) is 25.5 Å². The van der Waals surface area contributed by atoms with Crippen molar-refractivity contribution in [1.29, 1.82) is 0 Å². The Labute approximate surface area is 172 Å². The van der Waals surface area contributed by atoms with E-state index >= 15 is 0 Å². The minimum absolute atomic E-state index is 0.275. The molecule has 5 rings (SSSR count). The highest BCUT2D eigenvalue weighted by Crippen LogP contribution is 2.39. The van der Waals surface area contributed by atoms with E-state index in [2.05, 4.69) is 33.1 Å². The minimum Gasteiger partial charge on any atom is -0.379 e. The van der Waals surface area contributed by atoms with Crippen molar-refractivity contribution in [3.05, 3.63) is 28.7 Å². The maximum atomic E-state index is 5.80. The van der Waals surface area contributed by atoms with Crippen LogP contribution in [0, 0.1) is 0 Å². The van der Waals surface area contributed by atoms with Crippen LogP contribution in [0.3, 0.4) is 0 Å². The molecule has 0 aromatic carbocycles.